The molecule has 0 fully saturated rings. The lowest BCUT2D eigenvalue weighted by Gasteiger charge is -2.18. The fourth-order valence-corrected chi connectivity index (χ4v) is 6.35. The zero-order valence-corrected chi connectivity index (χ0v) is 41.9. The van der Waals surface area contributed by atoms with Crippen molar-refractivity contribution in [1.29, 1.82) is 0 Å². The van der Waals surface area contributed by atoms with E-state index in [0.29, 0.717) is 19.3 Å². The first-order valence-corrected chi connectivity index (χ1v) is 25.9. The standard InChI is InChI=1S/C60H92O6/c1-4-7-10-13-16-19-22-25-27-29-30-32-33-35-38-41-44-47-50-53-59(62)65-56-57(55-64-58(61)52-49-46-43-40-37-24-21-18-15-12-9-6-3)66-60(63)54-51-48-45-42-39-36-34-31-28-26-23-20-17-14-11-8-5-2/h7,10,13,16-22,25-30,32-36,38,42,45,57H,4-6,8-9,11-12,14-15,23-24,31,37,39-41,43-44,46-56H2,1-3H3/b10-7-,16-13-,20-17-,21-18-,22-19-,27-25-,28-26-,30-29+,33-32-,36-34-,38-35-,45-42-. The van der Waals surface area contributed by atoms with E-state index in [1.54, 1.807) is 0 Å². The number of ether oxygens (including phenoxy) is 3. The Hall–Kier alpha value is -4.71. The summed E-state index contributed by atoms with van der Waals surface area (Å²) in [5.74, 6) is -1.05. The summed E-state index contributed by atoms with van der Waals surface area (Å²) < 4.78 is 16.7. The fourth-order valence-electron chi connectivity index (χ4n) is 6.35. The van der Waals surface area contributed by atoms with Crippen LogP contribution in [0.1, 0.15) is 194 Å². The van der Waals surface area contributed by atoms with Crippen molar-refractivity contribution in [1.82, 2.24) is 0 Å². The van der Waals surface area contributed by atoms with Crippen molar-refractivity contribution in [3.05, 3.63) is 146 Å². The molecule has 0 spiro atoms. The van der Waals surface area contributed by atoms with Crippen molar-refractivity contribution in [2.75, 3.05) is 13.2 Å². The highest BCUT2D eigenvalue weighted by atomic mass is 16.6. The Balaban J connectivity index is 4.62. The highest BCUT2D eigenvalue weighted by Gasteiger charge is 2.19. The summed E-state index contributed by atoms with van der Waals surface area (Å²) in [4.78, 5) is 38.0. The molecule has 0 radical (unpaired) electrons. The SMILES string of the molecule is CC\C=C/C=C\C=C/C=C\C=C\C=C/C=C\CCCCCC(=O)OCC(COC(=O)CCCCCCC/C=C\CCCCC)OC(=O)CCC/C=C\C/C=C\C/C=C\C/C=C\CCCCC. The molecule has 66 heavy (non-hydrogen) atoms. The van der Waals surface area contributed by atoms with Crippen LogP contribution in [0, 0.1) is 0 Å². The lowest BCUT2D eigenvalue weighted by Crippen LogP contribution is -2.30. The molecule has 1 atom stereocenters. The number of hydrogen-bond acceptors (Lipinski definition) is 6. The van der Waals surface area contributed by atoms with Gasteiger partial charge in [-0.05, 0) is 103 Å². The van der Waals surface area contributed by atoms with Gasteiger partial charge in [0.05, 0.1) is 0 Å². The molecule has 0 bridgehead atoms. The van der Waals surface area contributed by atoms with Crippen LogP contribution in [-0.4, -0.2) is 37.2 Å². The van der Waals surface area contributed by atoms with Gasteiger partial charge in [-0.2, -0.15) is 0 Å². The van der Waals surface area contributed by atoms with Crippen LogP contribution in [0.4, 0.5) is 0 Å². The van der Waals surface area contributed by atoms with E-state index >= 15 is 0 Å². The zero-order chi connectivity index (χ0) is 47.9. The van der Waals surface area contributed by atoms with Gasteiger partial charge in [-0.3, -0.25) is 14.4 Å². The molecule has 0 rings (SSSR count). The molecular formula is C60H92O6. The molecule has 0 aliphatic heterocycles. The van der Waals surface area contributed by atoms with E-state index in [2.05, 4.69) is 93.7 Å². The summed E-state index contributed by atoms with van der Waals surface area (Å²) in [6.07, 6.45) is 75.4. The molecule has 0 N–H and O–H groups in total. The van der Waals surface area contributed by atoms with Crippen molar-refractivity contribution in [3.8, 4) is 0 Å². The third kappa shape index (κ3) is 50.3. The van der Waals surface area contributed by atoms with E-state index in [1.165, 1.54) is 57.8 Å². The van der Waals surface area contributed by atoms with Crippen LogP contribution >= 0.6 is 0 Å². The Bertz CT molecular complexity index is 1510. The Kier molecular flexibility index (Phi) is 49.1. The number of rotatable bonds is 44. The van der Waals surface area contributed by atoms with Crippen LogP contribution in [0.2, 0.25) is 0 Å². The molecule has 0 aliphatic rings. The average molecular weight is 909 g/mol. The van der Waals surface area contributed by atoms with Gasteiger partial charge in [0.15, 0.2) is 6.10 Å². The summed E-state index contributed by atoms with van der Waals surface area (Å²) in [5, 5.41) is 0. The van der Waals surface area contributed by atoms with Gasteiger partial charge in [0.2, 0.25) is 0 Å². The molecule has 0 heterocycles. The fraction of sp³-hybridized carbons (Fsp3) is 0.550. The molecule has 6 heteroatoms. The second kappa shape index (κ2) is 52.9. The summed E-state index contributed by atoms with van der Waals surface area (Å²) in [6, 6.07) is 0. The van der Waals surface area contributed by atoms with Crippen molar-refractivity contribution in [3.63, 3.8) is 0 Å². The molecule has 0 aromatic heterocycles. The Labute approximate surface area is 404 Å². The maximum atomic E-state index is 12.8. The number of unbranched alkanes of at least 4 members (excludes halogenated alkanes) is 15. The van der Waals surface area contributed by atoms with Crippen LogP contribution in [0.5, 0.6) is 0 Å². The van der Waals surface area contributed by atoms with Crippen molar-refractivity contribution in [2.45, 2.75) is 200 Å². The largest absolute Gasteiger partial charge is 0.462 e. The Morgan fingerprint density at radius 1 is 0.333 bits per heavy atom. The van der Waals surface area contributed by atoms with E-state index in [9.17, 15) is 14.4 Å². The maximum absolute atomic E-state index is 12.8. The van der Waals surface area contributed by atoms with Gasteiger partial charge in [-0.15, -0.1) is 0 Å². The van der Waals surface area contributed by atoms with Crippen molar-refractivity contribution >= 4 is 17.9 Å². The first-order chi connectivity index (χ1) is 32.5. The van der Waals surface area contributed by atoms with Crippen LogP contribution in [0.25, 0.3) is 0 Å². The lowest BCUT2D eigenvalue weighted by atomic mass is 10.1. The van der Waals surface area contributed by atoms with Gasteiger partial charge in [-0.1, -0.05) is 218 Å². The van der Waals surface area contributed by atoms with Crippen molar-refractivity contribution < 1.29 is 28.6 Å². The first kappa shape index (κ1) is 61.3. The molecule has 1 unspecified atom stereocenters. The number of carbonyl (C=O) groups excluding carboxylic acids is 3. The van der Waals surface area contributed by atoms with Crippen LogP contribution in [0.3, 0.4) is 0 Å². The number of esters is 3. The molecule has 0 amide bonds. The minimum absolute atomic E-state index is 0.126. The van der Waals surface area contributed by atoms with E-state index in [4.69, 9.17) is 14.2 Å². The average Bonchev–Trinajstić information content (AvgIpc) is 3.31. The van der Waals surface area contributed by atoms with Gasteiger partial charge in [0, 0.05) is 19.3 Å². The molecule has 0 aliphatic carbocycles. The highest BCUT2D eigenvalue weighted by Crippen LogP contribution is 2.11. The Morgan fingerprint density at radius 3 is 1.14 bits per heavy atom. The quantitative estimate of drug-likeness (QED) is 0.0199. The van der Waals surface area contributed by atoms with Gasteiger partial charge in [0.1, 0.15) is 13.2 Å². The third-order valence-corrected chi connectivity index (χ3v) is 10.2. The minimum atomic E-state index is -0.835. The van der Waals surface area contributed by atoms with Crippen LogP contribution < -0.4 is 0 Å². The van der Waals surface area contributed by atoms with E-state index in [0.717, 1.165) is 83.5 Å². The third-order valence-electron chi connectivity index (χ3n) is 10.2. The molecule has 0 aromatic carbocycles. The van der Waals surface area contributed by atoms with Gasteiger partial charge in [0.25, 0.3) is 0 Å². The molecule has 0 saturated heterocycles. The molecule has 6 nitrogen and oxygen atoms in total. The van der Waals surface area contributed by atoms with Gasteiger partial charge in [-0.25, -0.2) is 0 Å². The topological polar surface area (TPSA) is 78.9 Å². The first-order valence-electron chi connectivity index (χ1n) is 25.9. The highest BCUT2D eigenvalue weighted by molar-refractivity contribution is 5.71. The second-order valence-corrected chi connectivity index (χ2v) is 16.5. The smallest absolute Gasteiger partial charge is 0.306 e. The lowest BCUT2D eigenvalue weighted by molar-refractivity contribution is -0.167. The Morgan fingerprint density at radius 2 is 0.667 bits per heavy atom. The van der Waals surface area contributed by atoms with Gasteiger partial charge < -0.3 is 14.2 Å². The predicted octanol–water partition coefficient (Wildman–Crippen LogP) is 17.3. The number of allylic oxidation sites excluding steroid dienone is 24. The van der Waals surface area contributed by atoms with Crippen LogP contribution in [-0.2, 0) is 28.6 Å². The van der Waals surface area contributed by atoms with E-state index in [-0.39, 0.29) is 44.0 Å². The maximum Gasteiger partial charge on any atom is 0.306 e. The van der Waals surface area contributed by atoms with Gasteiger partial charge >= 0.3 is 17.9 Å². The number of hydrogen-bond donors (Lipinski definition) is 0. The van der Waals surface area contributed by atoms with Crippen LogP contribution in [0.15, 0.2) is 146 Å². The molecule has 368 valence electrons. The summed E-state index contributed by atoms with van der Waals surface area (Å²) in [5.41, 5.74) is 0. The molecule has 0 saturated carbocycles. The van der Waals surface area contributed by atoms with Crippen molar-refractivity contribution in [2.24, 2.45) is 0 Å². The predicted molar refractivity (Wildman–Crippen MR) is 283 cm³/mol. The zero-order valence-electron chi connectivity index (χ0n) is 41.9. The van der Waals surface area contributed by atoms with E-state index < -0.39 is 6.10 Å². The monoisotopic (exact) mass is 909 g/mol. The molecule has 0 aromatic rings. The number of carbonyl (C=O) groups is 3. The summed E-state index contributed by atoms with van der Waals surface area (Å²) in [7, 11) is 0. The van der Waals surface area contributed by atoms with E-state index in [1.807, 2.05) is 72.9 Å². The minimum Gasteiger partial charge on any atom is -0.462 e. The molecular weight excluding hydrogens is 817 g/mol. The summed E-state index contributed by atoms with van der Waals surface area (Å²) >= 11 is 0. The second-order valence-electron chi connectivity index (χ2n) is 16.5. The normalized spacial score (nSPS) is 13.3. The summed E-state index contributed by atoms with van der Waals surface area (Å²) in [6.45, 7) is 6.32.